The highest BCUT2D eigenvalue weighted by atomic mass is 16.2. The van der Waals surface area contributed by atoms with Crippen molar-refractivity contribution in [2.45, 2.75) is 39.3 Å². The summed E-state index contributed by atoms with van der Waals surface area (Å²) < 4.78 is 3.30. The maximum absolute atomic E-state index is 12.9. The summed E-state index contributed by atoms with van der Waals surface area (Å²) in [5.74, 6) is 1.57. The fourth-order valence-electron chi connectivity index (χ4n) is 3.58. The summed E-state index contributed by atoms with van der Waals surface area (Å²) in [6.45, 7) is 8.85. The van der Waals surface area contributed by atoms with Gasteiger partial charge in [-0.15, -0.1) is 11.7 Å². The van der Waals surface area contributed by atoms with Crippen molar-refractivity contribution in [3.05, 3.63) is 83.1 Å². The molecule has 2 heterocycles. The quantitative estimate of drug-likeness (QED) is 0.443. The normalized spacial score (nSPS) is 11.2. The summed E-state index contributed by atoms with van der Waals surface area (Å²) in [6.07, 6.45) is 2.51. The molecular weight excluding hydrogens is 390 g/mol. The zero-order chi connectivity index (χ0) is 21.8. The lowest BCUT2D eigenvalue weighted by molar-refractivity contribution is 0.585. The molecule has 8 nitrogen and oxygen atoms in total. The zero-order valence-electron chi connectivity index (χ0n) is 17.7. The van der Waals surface area contributed by atoms with Gasteiger partial charge in [-0.3, -0.25) is 4.57 Å². The lowest BCUT2D eigenvalue weighted by Crippen LogP contribution is -2.26. The lowest BCUT2D eigenvalue weighted by atomic mass is 9.98. The van der Waals surface area contributed by atoms with E-state index in [0.717, 1.165) is 28.1 Å². The molecule has 1 N–H and O–H groups in total. The van der Waals surface area contributed by atoms with Gasteiger partial charge in [0.05, 0.1) is 6.54 Å². The Morgan fingerprint density at radius 1 is 1.10 bits per heavy atom. The van der Waals surface area contributed by atoms with Gasteiger partial charge in [0.15, 0.2) is 5.82 Å². The number of hydrogen-bond donors (Lipinski definition) is 1. The van der Waals surface area contributed by atoms with E-state index in [1.165, 1.54) is 4.68 Å². The molecule has 0 saturated heterocycles. The van der Waals surface area contributed by atoms with E-state index in [1.807, 2.05) is 36.4 Å². The number of hydrogen-bond acceptors (Lipinski definition) is 5. The predicted octanol–water partition coefficient (Wildman–Crippen LogP) is 3.64. The van der Waals surface area contributed by atoms with E-state index in [9.17, 15) is 4.79 Å². The molecule has 0 radical (unpaired) electrons. The zero-order valence-corrected chi connectivity index (χ0v) is 17.7. The topological polar surface area (TPSA) is 94.3 Å². The second-order valence-electron chi connectivity index (χ2n) is 7.67. The number of aromatic amines is 1. The summed E-state index contributed by atoms with van der Waals surface area (Å²) in [4.78, 5) is 12.9. The number of aromatic nitrogens is 7. The van der Waals surface area contributed by atoms with Crippen LogP contribution >= 0.6 is 0 Å². The molecule has 4 aromatic rings. The Kier molecular flexibility index (Phi) is 5.88. The highest BCUT2D eigenvalue weighted by molar-refractivity contribution is 5.80. The smallest absolute Gasteiger partial charge is 0.274 e. The largest absolute Gasteiger partial charge is 0.346 e. The Balaban J connectivity index is 1.63. The molecule has 0 spiro atoms. The minimum atomic E-state index is -0.0854. The molecule has 0 fully saturated rings. The molecule has 0 atom stereocenters. The van der Waals surface area contributed by atoms with Crippen LogP contribution in [0.3, 0.4) is 0 Å². The number of nitrogens with zero attached hydrogens (tertiary/aromatic N) is 6. The first-order valence-corrected chi connectivity index (χ1v) is 10.3. The van der Waals surface area contributed by atoms with Crippen LogP contribution in [0.5, 0.6) is 0 Å². The fraction of sp³-hybridized carbons (Fsp3) is 0.261. The standard InChI is InChI=1S/C23H25N7O/c1-4-5-14-30-23(31)29(22(26-30)16(2)3)15-17-10-12-18(13-11-17)19-8-6-7-9-20(19)21-24-27-28-25-21/h4,6-13,16H,1,5,14-15H2,2-3H3,(H,24,25,27,28). The van der Waals surface area contributed by atoms with Crippen LogP contribution in [0.2, 0.25) is 0 Å². The summed E-state index contributed by atoms with van der Waals surface area (Å²) in [7, 11) is 0. The SMILES string of the molecule is C=CCCn1nc(C(C)C)n(Cc2ccc(-c3ccccc3-c3nnn[nH]3)cc2)c1=O. The highest BCUT2D eigenvalue weighted by Gasteiger charge is 2.16. The number of rotatable bonds is 8. The maximum Gasteiger partial charge on any atom is 0.346 e. The van der Waals surface area contributed by atoms with Gasteiger partial charge in [-0.1, -0.05) is 68.5 Å². The van der Waals surface area contributed by atoms with Crippen LogP contribution in [0.4, 0.5) is 0 Å². The Morgan fingerprint density at radius 2 is 1.84 bits per heavy atom. The third-order valence-corrected chi connectivity index (χ3v) is 5.15. The van der Waals surface area contributed by atoms with Crippen LogP contribution in [0.1, 0.15) is 37.6 Å². The van der Waals surface area contributed by atoms with Crippen molar-refractivity contribution < 1.29 is 0 Å². The van der Waals surface area contributed by atoms with Crippen LogP contribution in [0.25, 0.3) is 22.5 Å². The van der Waals surface area contributed by atoms with E-state index in [4.69, 9.17) is 0 Å². The van der Waals surface area contributed by atoms with Gasteiger partial charge in [-0.05, 0) is 33.5 Å². The first-order chi connectivity index (χ1) is 15.1. The molecule has 158 valence electrons. The van der Waals surface area contributed by atoms with Crippen molar-refractivity contribution in [2.24, 2.45) is 0 Å². The molecule has 2 aromatic carbocycles. The number of benzene rings is 2. The van der Waals surface area contributed by atoms with Crippen LogP contribution in [0.15, 0.2) is 66.0 Å². The molecule has 31 heavy (non-hydrogen) atoms. The highest BCUT2D eigenvalue weighted by Crippen LogP contribution is 2.29. The average molecular weight is 416 g/mol. The van der Waals surface area contributed by atoms with Gasteiger partial charge in [0.25, 0.3) is 0 Å². The van der Waals surface area contributed by atoms with Crippen molar-refractivity contribution in [2.75, 3.05) is 0 Å². The Bertz CT molecular complexity index is 1220. The van der Waals surface area contributed by atoms with E-state index < -0.39 is 0 Å². The molecule has 4 rings (SSSR count). The number of nitrogens with one attached hydrogen (secondary N) is 1. The molecule has 0 aliphatic carbocycles. The maximum atomic E-state index is 12.9. The summed E-state index contributed by atoms with van der Waals surface area (Å²) in [5, 5.41) is 18.8. The molecule has 0 amide bonds. The monoisotopic (exact) mass is 415 g/mol. The van der Waals surface area contributed by atoms with Crippen molar-refractivity contribution in [3.8, 4) is 22.5 Å². The molecule has 0 aliphatic rings. The van der Waals surface area contributed by atoms with E-state index >= 15 is 0 Å². The Morgan fingerprint density at radius 3 is 2.48 bits per heavy atom. The van der Waals surface area contributed by atoms with Crippen molar-refractivity contribution in [1.82, 2.24) is 35.0 Å². The summed E-state index contributed by atoms with van der Waals surface area (Å²) in [5.41, 5.74) is 3.97. The second kappa shape index (κ2) is 8.91. The van der Waals surface area contributed by atoms with E-state index in [-0.39, 0.29) is 11.6 Å². The molecule has 0 saturated carbocycles. The number of aryl methyl sites for hydroxylation is 1. The van der Waals surface area contributed by atoms with Gasteiger partial charge in [0.1, 0.15) is 5.82 Å². The summed E-state index contributed by atoms with van der Waals surface area (Å²) in [6, 6.07) is 16.2. The van der Waals surface area contributed by atoms with Gasteiger partial charge < -0.3 is 0 Å². The minimum absolute atomic E-state index is 0.0854. The summed E-state index contributed by atoms with van der Waals surface area (Å²) >= 11 is 0. The average Bonchev–Trinajstić information content (AvgIpc) is 3.42. The Labute approximate surface area is 180 Å². The van der Waals surface area contributed by atoms with Crippen molar-refractivity contribution in [1.29, 1.82) is 0 Å². The fourth-order valence-corrected chi connectivity index (χ4v) is 3.58. The molecule has 0 bridgehead atoms. The van der Waals surface area contributed by atoms with Crippen LogP contribution in [0, 0.1) is 0 Å². The van der Waals surface area contributed by atoms with Crippen molar-refractivity contribution in [3.63, 3.8) is 0 Å². The van der Waals surface area contributed by atoms with Crippen LogP contribution in [-0.4, -0.2) is 35.0 Å². The van der Waals surface area contributed by atoms with Crippen LogP contribution < -0.4 is 5.69 Å². The van der Waals surface area contributed by atoms with Gasteiger partial charge in [0, 0.05) is 18.0 Å². The molecule has 8 heteroatoms. The molecular formula is C23H25N7O. The van der Waals surface area contributed by atoms with Crippen molar-refractivity contribution >= 4 is 0 Å². The number of tetrazole rings is 1. The van der Waals surface area contributed by atoms with E-state index in [1.54, 1.807) is 10.6 Å². The van der Waals surface area contributed by atoms with Crippen LogP contribution in [-0.2, 0) is 13.1 Å². The minimum Gasteiger partial charge on any atom is -0.274 e. The Hall–Kier alpha value is -3.81. The first-order valence-electron chi connectivity index (χ1n) is 10.3. The number of H-pyrrole nitrogens is 1. The van der Waals surface area contributed by atoms with E-state index in [0.29, 0.717) is 25.3 Å². The first kappa shape index (κ1) is 20.5. The van der Waals surface area contributed by atoms with Gasteiger partial charge in [0.2, 0.25) is 0 Å². The third-order valence-electron chi connectivity index (χ3n) is 5.15. The molecule has 2 aromatic heterocycles. The molecule has 0 aliphatic heterocycles. The van der Waals surface area contributed by atoms with E-state index in [2.05, 4.69) is 58.3 Å². The van der Waals surface area contributed by atoms with Gasteiger partial charge >= 0.3 is 5.69 Å². The molecule has 0 unspecified atom stereocenters. The number of allylic oxidation sites excluding steroid dienone is 1. The predicted molar refractivity (Wildman–Crippen MR) is 120 cm³/mol. The lowest BCUT2D eigenvalue weighted by Gasteiger charge is -2.10. The third kappa shape index (κ3) is 4.23. The van der Waals surface area contributed by atoms with Gasteiger partial charge in [-0.2, -0.15) is 5.10 Å². The van der Waals surface area contributed by atoms with Gasteiger partial charge in [-0.25, -0.2) is 14.6 Å². The second-order valence-corrected chi connectivity index (χ2v) is 7.67.